The summed E-state index contributed by atoms with van der Waals surface area (Å²) in [4.78, 5) is 0. The molecule has 16 heavy (non-hydrogen) atoms. The Kier molecular flexibility index (Phi) is 2.29. The van der Waals surface area contributed by atoms with E-state index in [4.69, 9.17) is 9.47 Å². The first kappa shape index (κ1) is 9.90. The predicted molar refractivity (Wildman–Crippen MR) is 61.1 cm³/mol. The Morgan fingerprint density at radius 1 is 0.812 bits per heavy atom. The number of rotatable bonds is 1. The Morgan fingerprint density at radius 2 is 1.81 bits per heavy atom. The summed E-state index contributed by atoms with van der Waals surface area (Å²) in [5.74, 6) is 3.74. The van der Waals surface area contributed by atoms with Crippen molar-refractivity contribution in [1.29, 1.82) is 0 Å². The van der Waals surface area contributed by atoms with Crippen LogP contribution in [0.3, 0.4) is 0 Å². The van der Waals surface area contributed by atoms with Gasteiger partial charge in [0, 0.05) is 13.2 Å². The van der Waals surface area contributed by atoms with Crippen molar-refractivity contribution in [2.45, 2.75) is 50.7 Å². The van der Waals surface area contributed by atoms with Gasteiger partial charge in [0.25, 0.3) is 0 Å². The van der Waals surface area contributed by atoms with Crippen molar-refractivity contribution < 1.29 is 9.47 Å². The third kappa shape index (κ3) is 1.46. The first-order chi connectivity index (χ1) is 7.93. The molecule has 0 spiro atoms. The maximum absolute atomic E-state index is 5.90. The lowest BCUT2D eigenvalue weighted by Crippen LogP contribution is -2.27. The number of hydrogen-bond acceptors (Lipinski definition) is 2. The van der Waals surface area contributed by atoms with Gasteiger partial charge >= 0.3 is 0 Å². The molecule has 2 saturated carbocycles. The summed E-state index contributed by atoms with van der Waals surface area (Å²) >= 11 is 0. The van der Waals surface area contributed by atoms with E-state index in [9.17, 15) is 0 Å². The van der Waals surface area contributed by atoms with Crippen LogP contribution in [0.2, 0.25) is 0 Å². The fourth-order valence-corrected chi connectivity index (χ4v) is 4.63. The van der Waals surface area contributed by atoms with Gasteiger partial charge in [0.05, 0.1) is 12.2 Å². The molecule has 0 N–H and O–H groups in total. The van der Waals surface area contributed by atoms with Gasteiger partial charge in [-0.3, -0.25) is 0 Å². The van der Waals surface area contributed by atoms with Gasteiger partial charge in [0.15, 0.2) is 0 Å². The molecule has 4 aliphatic rings. The van der Waals surface area contributed by atoms with Gasteiger partial charge in [-0.25, -0.2) is 0 Å². The van der Waals surface area contributed by atoms with Crippen molar-refractivity contribution in [2.24, 2.45) is 23.7 Å². The second-order valence-corrected chi connectivity index (χ2v) is 6.25. The summed E-state index contributed by atoms with van der Waals surface area (Å²) in [7, 11) is 0. The van der Waals surface area contributed by atoms with Crippen molar-refractivity contribution in [2.75, 3.05) is 13.2 Å². The van der Waals surface area contributed by atoms with Crippen LogP contribution in [0.1, 0.15) is 38.5 Å². The van der Waals surface area contributed by atoms with Crippen molar-refractivity contribution in [3.8, 4) is 0 Å². The summed E-state index contributed by atoms with van der Waals surface area (Å²) < 4.78 is 11.7. The molecule has 4 rings (SSSR count). The van der Waals surface area contributed by atoms with E-state index in [2.05, 4.69) is 0 Å². The predicted octanol–water partition coefficient (Wildman–Crippen LogP) is 2.62. The molecule has 2 heterocycles. The highest BCUT2D eigenvalue weighted by atomic mass is 16.5. The van der Waals surface area contributed by atoms with Crippen LogP contribution in [0.5, 0.6) is 0 Å². The van der Waals surface area contributed by atoms with E-state index in [1.807, 2.05) is 0 Å². The van der Waals surface area contributed by atoms with Gasteiger partial charge in [0.2, 0.25) is 0 Å². The van der Waals surface area contributed by atoms with Gasteiger partial charge < -0.3 is 9.47 Å². The lowest BCUT2D eigenvalue weighted by Gasteiger charge is -2.31. The molecule has 0 aromatic heterocycles. The van der Waals surface area contributed by atoms with Crippen LogP contribution in [0.15, 0.2) is 0 Å². The van der Waals surface area contributed by atoms with E-state index in [0.717, 1.165) is 36.9 Å². The average molecular weight is 222 g/mol. The monoisotopic (exact) mass is 222 g/mol. The van der Waals surface area contributed by atoms with Gasteiger partial charge in [0.1, 0.15) is 0 Å². The normalized spacial score (nSPS) is 55.5. The standard InChI is InChI=1S/C14H22O2/c1-2-11-13(14(11)16-6-1)10-3-4-12-9(8-10)5-7-15-12/h9-14H,1-8H2. The summed E-state index contributed by atoms with van der Waals surface area (Å²) in [6, 6.07) is 0. The van der Waals surface area contributed by atoms with Crippen LogP contribution >= 0.6 is 0 Å². The van der Waals surface area contributed by atoms with Crippen LogP contribution in [0, 0.1) is 23.7 Å². The van der Waals surface area contributed by atoms with Gasteiger partial charge in [-0.15, -0.1) is 0 Å². The maximum atomic E-state index is 5.90. The first-order valence-corrected chi connectivity index (χ1v) is 7.16. The highest BCUT2D eigenvalue weighted by Crippen LogP contribution is 2.56. The van der Waals surface area contributed by atoms with Crippen LogP contribution in [-0.4, -0.2) is 25.4 Å². The minimum absolute atomic E-state index is 0.623. The minimum atomic E-state index is 0.623. The van der Waals surface area contributed by atoms with E-state index in [1.165, 1.54) is 38.5 Å². The number of ether oxygens (including phenoxy) is 2. The molecule has 2 saturated heterocycles. The molecule has 2 aliphatic heterocycles. The van der Waals surface area contributed by atoms with E-state index in [-0.39, 0.29) is 0 Å². The van der Waals surface area contributed by atoms with Gasteiger partial charge in [-0.2, -0.15) is 0 Å². The fourth-order valence-electron chi connectivity index (χ4n) is 4.63. The van der Waals surface area contributed by atoms with Crippen LogP contribution in [0.25, 0.3) is 0 Å². The molecule has 6 unspecified atom stereocenters. The Hall–Kier alpha value is -0.0800. The van der Waals surface area contributed by atoms with Crippen LogP contribution < -0.4 is 0 Å². The van der Waals surface area contributed by atoms with Gasteiger partial charge in [-0.05, 0) is 62.2 Å². The summed E-state index contributed by atoms with van der Waals surface area (Å²) in [6.45, 7) is 2.05. The Balaban J connectivity index is 1.42. The zero-order valence-corrected chi connectivity index (χ0v) is 9.94. The summed E-state index contributed by atoms with van der Waals surface area (Å²) in [5.41, 5.74) is 0. The fraction of sp³-hybridized carbons (Fsp3) is 1.00. The molecule has 2 nitrogen and oxygen atoms in total. The molecule has 90 valence electrons. The van der Waals surface area contributed by atoms with Crippen molar-refractivity contribution >= 4 is 0 Å². The Morgan fingerprint density at radius 3 is 2.69 bits per heavy atom. The second-order valence-electron chi connectivity index (χ2n) is 6.25. The molecular weight excluding hydrogens is 200 g/mol. The average Bonchev–Trinajstić information content (AvgIpc) is 2.87. The zero-order valence-electron chi connectivity index (χ0n) is 9.94. The topological polar surface area (TPSA) is 18.5 Å². The van der Waals surface area contributed by atoms with Crippen molar-refractivity contribution in [3.63, 3.8) is 0 Å². The third-order valence-electron chi connectivity index (χ3n) is 5.47. The first-order valence-electron chi connectivity index (χ1n) is 7.16. The van der Waals surface area contributed by atoms with E-state index in [1.54, 1.807) is 0 Å². The molecule has 0 aromatic carbocycles. The highest BCUT2D eigenvalue weighted by molar-refractivity contribution is 5.05. The van der Waals surface area contributed by atoms with Gasteiger partial charge in [-0.1, -0.05) is 0 Å². The number of hydrogen-bond donors (Lipinski definition) is 0. The molecule has 0 amide bonds. The minimum Gasteiger partial charge on any atom is -0.378 e. The van der Waals surface area contributed by atoms with E-state index >= 15 is 0 Å². The summed E-state index contributed by atoms with van der Waals surface area (Å²) in [6.07, 6.45) is 9.52. The third-order valence-corrected chi connectivity index (χ3v) is 5.47. The maximum Gasteiger partial charge on any atom is 0.0641 e. The molecule has 0 radical (unpaired) electrons. The molecule has 4 fully saturated rings. The molecule has 6 atom stereocenters. The summed E-state index contributed by atoms with van der Waals surface area (Å²) in [5, 5.41) is 0. The van der Waals surface area contributed by atoms with Crippen molar-refractivity contribution in [3.05, 3.63) is 0 Å². The van der Waals surface area contributed by atoms with Crippen LogP contribution in [0.4, 0.5) is 0 Å². The smallest absolute Gasteiger partial charge is 0.0641 e. The molecule has 2 heteroatoms. The molecule has 0 bridgehead atoms. The zero-order chi connectivity index (χ0) is 10.5. The molecular formula is C14H22O2. The Labute approximate surface area is 97.7 Å². The van der Waals surface area contributed by atoms with E-state index < -0.39 is 0 Å². The lowest BCUT2D eigenvalue weighted by atomic mass is 9.76. The van der Waals surface area contributed by atoms with Crippen molar-refractivity contribution in [1.82, 2.24) is 0 Å². The largest absolute Gasteiger partial charge is 0.378 e. The lowest BCUT2D eigenvalue weighted by molar-refractivity contribution is 0.0386. The molecule has 0 aromatic rings. The second kappa shape index (κ2) is 3.71. The number of fused-ring (bicyclic) bond motifs is 2. The Bertz CT molecular complexity index is 266. The van der Waals surface area contributed by atoms with E-state index in [0.29, 0.717) is 12.2 Å². The SMILES string of the molecule is C1COC2C(C1)C2C1CCC2OCCC2C1. The highest BCUT2D eigenvalue weighted by Gasteiger charge is 2.57. The quantitative estimate of drug-likeness (QED) is 0.679. The molecule has 2 aliphatic carbocycles. The van der Waals surface area contributed by atoms with Crippen LogP contribution in [-0.2, 0) is 9.47 Å².